The first-order valence-corrected chi connectivity index (χ1v) is 10.4. The van der Waals surface area contributed by atoms with Gasteiger partial charge in [-0.15, -0.1) is 11.3 Å². The lowest BCUT2D eigenvalue weighted by Crippen LogP contribution is -2.06. The third-order valence-corrected chi connectivity index (χ3v) is 5.99. The number of benzene rings is 1. The molecule has 0 radical (unpaired) electrons. The van der Waals surface area contributed by atoms with Crippen molar-refractivity contribution in [1.82, 2.24) is 4.98 Å². The summed E-state index contributed by atoms with van der Waals surface area (Å²) < 4.78 is 5.85. The number of aryl methyl sites for hydroxylation is 1. The maximum Gasteiger partial charge on any atom is 0.123 e. The molecule has 1 aliphatic carbocycles. The molecule has 1 fully saturated rings. The lowest BCUT2D eigenvalue weighted by atomic mass is 10.0. The molecule has 2 nitrogen and oxygen atoms in total. The van der Waals surface area contributed by atoms with Crippen molar-refractivity contribution in [3.8, 4) is 16.3 Å². The molecule has 1 aromatic heterocycles. The average molecular weight is 368 g/mol. The molecule has 1 heterocycles. The molecule has 0 spiro atoms. The van der Waals surface area contributed by atoms with E-state index in [0.29, 0.717) is 0 Å². The maximum atomic E-state index is 5.85. The highest BCUT2D eigenvalue weighted by Crippen LogP contribution is 2.39. The van der Waals surface area contributed by atoms with E-state index >= 15 is 0 Å². The highest BCUT2D eigenvalue weighted by Gasteiger charge is 2.18. The van der Waals surface area contributed by atoms with Crippen molar-refractivity contribution in [2.24, 2.45) is 0 Å². The first-order chi connectivity index (χ1) is 12.5. The number of hydrogen-bond donors (Lipinski definition) is 0. The second-order valence-corrected chi connectivity index (χ2v) is 8.30. The Labute approximate surface area is 161 Å². The molecule has 0 unspecified atom stereocenters. The van der Waals surface area contributed by atoms with Crippen LogP contribution < -0.4 is 4.74 Å². The van der Waals surface area contributed by atoms with Crippen molar-refractivity contribution >= 4 is 16.9 Å². The Morgan fingerprint density at radius 2 is 2.12 bits per heavy atom. The zero-order chi connectivity index (χ0) is 18.7. The Kier molecular flexibility index (Phi) is 5.98. The summed E-state index contributed by atoms with van der Waals surface area (Å²) in [5.41, 5.74) is 6.82. The van der Waals surface area contributed by atoms with E-state index in [1.807, 2.05) is 6.20 Å². The van der Waals surface area contributed by atoms with E-state index in [1.54, 1.807) is 22.5 Å². The van der Waals surface area contributed by atoms with Crippen LogP contribution in [-0.4, -0.2) is 11.1 Å². The molecule has 1 saturated carbocycles. The summed E-state index contributed by atoms with van der Waals surface area (Å²) in [4.78, 5) is 6.00. The zero-order valence-electron chi connectivity index (χ0n) is 16.6. The molecule has 3 heteroatoms. The quantitative estimate of drug-likeness (QED) is 0.557. The van der Waals surface area contributed by atoms with Gasteiger partial charge in [0.25, 0.3) is 0 Å². The molecule has 0 atom stereocenters. The predicted octanol–water partition coefficient (Wildman–Crippen LogP) is 7.20. The number of rotatable bonds is 5. The Balaban J connectivity index is 1.88. The minimum atomic E-state index is 0.192. The fourth-order valence-corrected chi connectivity index (χ4v) is 4.51. The smallest absolute Gasteiger partial charge is 0.123 e. The van der Waals surface area contributed by atoms with Crippen LogP contribution in [0.3, 0.4) is 0 Å². The Morgan fingerprint density at radius 1 is 1.31 bits per heavy atom. The summed E-state index contributed by atoms with van der Waals surface area (Å²) >= 11 is 1.79. The van der Waals surface area contributed by atoms with E-state index in [-0.39, 0.29) is 6.10 Å². The van der Waals surface area contributed by atoms with Crippen molar-refractivity contribution in [3.63, 3.8) is 0 Å². The van der Waals surface area contributed by atoms with Gasteiger partial charge in [0.05, 0.1) is 11.0 Å². The summed E-state index contributed by atoms with van der Waals surface area (Å²) in [6, 6.07) is 6.37. The Hall–Kier alpha value is -1.87. The van der Waals surface area contributed by atoms with Gasteiger partial charge in [-0.25, -0.2) is 4.98 Å². The van der Waals surface area contributed by atoms with Gasteiger partial charge in [-0.2, -0.15) is 0 Å². The molecule has 2 aromatic rings. The van der Waals surface area contributed by atoms with Crippen molar-refractivity contribution < 1.29 is 4.74 Å². The van der Waals surface area contributed by atoms with Crippen LogP contribution in [0, 0.1) is 6.92 Å². The van der Waals surface area contributed by atoms with Gasteiger partial charge in [-0.05, 0) is 93.9 Å². The second-order valence-electron chi connectivity index (χ2n) is 7.27. The molecule has 138 valence electrons. The zero-order valence-corrected chi connectivity index (χ0v) is 17.4. The number of ether oxygens (including phenoxy) is 1. The number of hydrogen-bond acceptors (Lipinski definition) is 3. The highest BCUT2D eigenvalue weighted by atomic mass is 32.1. The Morgan fingerprint density at radius 3 is 2.81 bits per heavy atom. The fourth-order valence-electron chi connectivity index (χ4n) is 3.57. The molecule has 1 aromatic carbocycles. The van der Waals surface area contributed by atoms with Gasteiger partial charge in [0.15, 0.2) is 0 Å². The largest absolute Gasteiger partial charge is 0.491 e. The summed E-state index contributed by atoms with van der Waals surface area (Å²) in [5.74, 6) is 0.958. The van der Waals surface area contributed by atoms with Gasteiger partial charge in [0.2, 0.25) is 0 Å². The number of allylic oxidation sites excluding steroid dienone is 4. The molecule has 26 heavy (non-hydrogen) atoms. The molecular weight excluding hydrogens is 338 g/mol. The van der Waals surface area contributed by atoms with Crippen LogP contribution in [-0.2, 0) is 0 Å². The third kappa shape index (κ3) is 4.09. The van der Waals surface area contributed by atoms with Gasteiger partial charge in [-0.3, -0.25) is 0 Å². The van der Waals surface area contributed by atoms with Crippen molar-refractivity contribution in [2.75, 3.05) is 0 Å². The molecule has 0 bridgehead atoms. The standard InChI is InChI=1S/C23H29NOS/c1-6-8-18-9-7-10-20(18)17(5)22-14-24-23(26-22)19-11-12-21(16(4)13-19)25-15(2)3/h8,11-15H,6-7,9-10H2,1-5H3/b18-8-,20-17+. The van der Waals surface area contributed by atoms with Crippen molar-refractivity contribution in [3.05, 3.63) is 52.1 Å². The van der Waals surface area contributed by atoms with Gasteiger partial charge in [0, 0.05) is 11.8 Å². The third-order valence-electron chi connectivity index (χ3n) is 4.82. The average Bonchev–Trinajstić information content (AvgIpc) is 3.25. The summed E-state index contributed by atoms with van der Waals surface area (Å²) in [6.45, 7) is 10.7. The summed E-state index contributed by atoms with van der Waals surface area (Å²) in [6.07, 6.45) is 9.44. The minimum Gasteiger partial charge on any atom is -0.491 e. The first-order valence-electron chi connectivity index (χ1n) is 9.62. The highest BCUT2D eigenvalue weighted by molar-refractivity contribution is 7.16. The molecule has 0 amide bonds. The van der Waals surface area contributed by atoms with E-state index in [0.717, 1.165) is 22.7 Å². The van der Waals surface area contributed by atoms with E-state index in [1.165, 1.54) is 35.3 Å². The van der Waals surface area contributed by atoms with E-state index in [4.69, 9.17) is 9.72 Å². The molecule has 3 rings (SSSR count). The van der Waals surface area contributed by atoms with Crippen LogP contribution in [0.15, 0.2) is 41.6 Å². The SMILES string of the molecule is CC/C=C1/CCC/C1=C(/C)c1cnc(-c2ccc(OC(C)C)c(C)c2)s1. The van der Waals surface area contributed by atoms with E-state index in [9.17, 15) is 0 Å². The fraction of sp³-hybridized carbons (Fsp3) is 0.435. The van der Waals surface area contributed by atoms with Gasteiger partial charge in [0.1, 0.15) is 10.8 Å². The van der Waals surface area contributed by atoms with Crippen molar-refractivity contribution in [2.45, 2.75) is 66.4 Å². The summed E-state index contributed by atoms with van der Waals surface area (Å²) in [5, 5.41) is 1.08. The Bertz CT molecular complexity index is 842. The van der Waals surface area contributed by atoms with Crippen LogP contribution in [0.1, 0.15) is 63.8 Å². The topological polar surface area (TPSA) is 22.1 Å². The van der Waals surface area contributed by atoms with Crippen molar-refractivity contribution in [1.29, 1.82) is 0 Å². The van der Waals surface area contributed by atoms with E-state index in [2.05, 4.69) is 58.9 Å². The van der Waals surface area contributed by atoms with Crippen LogP contribution >= 0.6 is 11.3 Å². The molecule has 1 aliphatic rings. The number of aromatic nitrogens is 1. The maximum absolute atomic E-state index is 5.85. The van der Waals surface area contributed by atoms with Crippen LogP contribution in [0.2, 0.25) is 0 Å². The second kappa shape index (κ2) is 8.22. The number of nitrogens with zero attached hydrogens (tertiary/aromatic N) is 1. The molecule has 0 N–H and O–H groups in total. The lowest BCUT2D eigenvalue weighted by Gasteiger charge is -2.12. The predicted molar refractivity (Wildman–Crippen MR) is 113 cm³/mol. The monoisotopic (exact) mass is 367 g/mol. The lowest BCUT2D eigenvalue weighted by molar-refractivity contribution is 0.241. The van der Waals surface area contributed by atoms with Gasteiger partial charge in [-0.1, -0.05) is 13.0 Å². The molecule has 0 aliphatic heterocycles. The molecular formula is C23H29NOS. The van der Waals surface area contributed by atoms with Crippen LogP contribution in [0.5, 0.6) is 5.75 Å². The normalized spacial score (nSPS) is 18.0. The van der Waals surface area contributed by atoms with Gasteiger partial charge >= 0.3 is 0 Å². The van der Waals surface area contributed by atoms with Crippen LogP contribution in [0.25, 0.3) is 16.1 Å². The number of thiazole rings is 1. The molecule has 0 saturated heterocycles. The van der Waals surface area contributed by atoms with Crippen LogP contribution in [0.4, 0.5) is 0 Å². The minimum absolute atomic E-state index is 0.192. The van der Waals surface area contributed by atoms with Gasteiger partial charge < -0.3 is 4.74 Å². The van der Waals surface area contributed by atoms with E-state index < -0.39 is 0 Å². The summed E-state index contributed by atoms with van der Waals surface area (Å²) in [7, 11) is 0. The first kappa shape index (κ1) is 18.9.